The molecular formula is C18H23N3O5. The summed E-state index contributed by atoms with van der Waals surface area (Å²) >= 11 is 0. The number of carboxylic acids is 1. The lowest BCUT2D eigenvalue weighted by Crippen LogP contribution is -2.78. The third-order valence-electron chi connectivity index (χ3n) is 5.25. The third kappa shape index (κ3) is 3.35. The first-order chi connectivity index (χ1) is 12.5. The van der Waals surface area contributed by atoms with Crippen molar-refractivity contribution in [3.63, 3.8) is 0 Å². The number of hydrogen-bond acceptors (Lipinski definition) is 6. The van der Waals surface area contributed by atoms with Crippen LogP contribution in [0.1, 0.15) is 17.5 Å². The van der Waals surface area contributed by atoms with Crippen LogP contribution in [0.5, 0.6) is 0 Å². The molecule has 2 aliphatic rings. The highest BCUT2D eigenvalue weighted by Gasteiger charge is 2.56. The van der Waals surface area contributed by atoms with Crippen LogP contribution >= 0.6 is 0 Å². The maximum atomic E-state index is 12.5. The van der Waals surface area contributed by atoms with Crippen molar-refractivity contribution in [2.45, 2.75) is 43.6 Å². The molecule has 4 N–H and O–H groups in total. The quantitative estimate of drug-likeness (QED) is 0.612. The zero-order valence-electron chi connectivity index (χ0n) is 14.6. The minimum Gasteiger partial charge on any atom is -0.480 e. The van der Waals surface area contributed by atoms with Crippen molar-refractivity contribution in [2.24, 2.45) is 5.73 Å². The van der Waals surface area contributed by atoms with Crippen LogP contribution in [0.25, 0.3) is 0 Å². The summed E-state index contributed by atoms with van der Waals surface area (Å²) in [4.78, 5) is 37.7. The van der Waals surface area contributed by atoms with E-state index < -0.39 is 24.2 Å². The summed E-state index contributed by atoms with van der Waals surface area (Å²) in [5, 5.41) is 12.3. The number of nitrogens with one attached hydrogen (secondary N) is 1. The molecule has 0 aromatic heterocycles. The molecule has 140 valence electrons. The second kappa shape index (κ2) is 7.53. The molecule has 3 rings (SSSR count). The zero-order valence-corrected chi connectivity index (χ0v) is 14.6. The number of piperidine rings is 1. The van der Waals surface area contributed by atoms with Crippen molar-refractivity contribution >= 4 is 17.7 Å². The number of carbonyl (C=O) groups excluding carboxylic acids is 2. The number of hydrogen-bond donors (Lipinski definition) is 3. The van der Waals surface area contributed by atoms with Gasteiger partial charge in [0.15, 0.2) is 5.78 Å². The maximum Gasteiger partial charge on any atom is 0.323 e. The number of Topliss-reactive ketones (excluding diaryl/α,β-unsaturated/α-hetero) is 1. The third-order valence-corrected chi connectivity index (χ3v) is 5.25. The number of nitrogens with two attached hydrogens (primary N) is 1. The molecule has 2 heterocycles. The first-order valence-corrected chi connectivity index (χ1v) is 8.56. The number of methoxy groups -OCH3 is 1. The number of fused-ring (bicyclic) bond motifs is 1. The molecule has 4 unspecified atom stereocenters. The number of nitrogens with zero attached hydrogens (tertiary/aromatic N) is 1. The maximum absolute atomic E-state index is 12.5. The second-order valence-corrected chi connectivity index (χ2v) is 6.69. The molecule has 0 radical (unpaired) electrons. The van der Waals surface area contributed by atoms with Crippen LogP contribution in [0.4, 0.5) is 0 Å². The minimum atomic E-state index is -1.04. The highest BCUT2D eigenvalue weighted by molar-refractivity contribution is 5.89. The zero-order chi connectivity index (χ0) is 18.8. The van der Waals surface area contributed by atoms with Gasteiger partial charge in [0.1, 0.15) is 12.1 Å². The standard InChI is InChI=1S/C18H23N3O5/c1-26-14-7-12-16(17(18(24)25)21(12)9-13(14)22)20-15(23)6-10-4-2-3-5-11(10)8-19/h2-5,12,14,16-17H,6-9,19H2,1H3,(H,20,23)(H,24,25). The average molecular weight is 361 g/mol. The number of benzene rings is 1. The summed E-state index contributed by atoms with van der Waals surface area (Å²) in [6.45, 7) is 0.362. The van der Waals surface area contributed by atoms with Gasteiger partial charge < -0.3 is 20.9 Å². The molecule has 8 nitrogen and oxygen atoms in total. The Balaban J connectivity index is 1.70. The monoisotopic (exact) mass is 361 g/mol. The molecule has 2 fully saturated rings. The van der Waals surface area contributed by atoms with Crippen LogP contribution in [0.3, 0.4) is 0 Å². The first-order valence-electron chi connectivity index (χ1n) is 8.56. The predicted octanol–water partition coefficient (Wildman–Crippen LogP) is -0.702. The summed E-state index contributed by atoms with van der Waals surface area (Å²) in [7, 11) is 1.46. The van der Waals surface area contributed by atoms with E-state index in [2.05, 4.69) is 5.32 Å². The fraction of sp³-hybridized carbons (Fsp3) is 0.500. The average Bonchev–Trinajstić information content (AvgIpc) is 2.60. The van der Waals surface area contributed by atoms with Crippen LogP contribution in [0, 0.1) is 0 Å². The van der Waals surface area contributed by atoms with E-state index in [4.69, 9.17) is 10.5 Å². The number of carbonyl (C=O) groups is 3. The van der Waals surface area contributed by atoms with E-state index in [0.717, 1.165) is 11.1 Å². The molecule has 4 atom stereocenters. The molecule has 1 aromatic carbocycles. The topological polar surface area (TPSA) is 122 Å². The van der Waals surface area contributed by atoms with E-state index in [1.165, 1.54) is 7.11 Å². The Labute approximate surface area is 151 Å². The lowest BCUT2D eigenvalue weighted by Gasteiger charge is -2.55. The van der Waals surface area contributed by atoms with Gasteiger partial charge in [0, 0.05) is 19.7 Å². The SMILES string of the molecule is COC1CC2C(NC(=O)Cc3ccccc3CN)C(C(=O)O)N2CC1=O. The fourth-order valence-corrected chi connectivity index (χ4v) is 3.90. The van der Waals surface area contributed by atoms with E-state index in [9.17, 15) is 19.5 Å². The van der Waals surface area contributed by atoms with Crippen molar-refractivity contribution in [1.82, 2.24) is 10.2 Å². The highest BCUT2D eigenvalue weighted by atomic mass is 16.5. The summed E-state index contributed by atoms with van der Waals surface area (Å²) in [5.74, 6) is -1.43. The Morgan fingerprint density at radius 3 is 2.65 bits per heavy atom. The summed E-state index contributed by atoms with van der Waals surface area (Å²) in [6, 6.07) is 5.74. The number of amides is 1. The van der Waals surface area contributed by atoms with Gasteiger partial charge >= 0.3 is 5.97 Å². The summed E-state index contributed by atoms with van der Waals surface area (Å²) in [6.07, 6.45) is -0.0395. The molecule has 1 amide bonds. The Hall–Kier alpha value is -2.29. The second-order valence-electron chi connectivity index (χ2n) is 6.69. The van der Waals surface area contributed by atoms with E-state index in [0.29, 0.717) is 13.0 Å². The number of ether oxygens (including phenoxy) is 1. The molecule has 2 aliphatic heterocycles. The lowest BCUT2D eigenvalue weighted by atomic mass is 9.78. The van der Waals surface area contributed by atoms with Crippen LogP contribution in [-0.2, 0) is 32.1 Å². The van der Waals surface area contributed by atoms with Gasteiger partial charge in [-0.25, -0.2) is 0 Å². The van der Waals surface area contributed by atoms with Crippen LogP contribution in [0.15, 0.2) is 24.3 Å². The van der Waals surface area contributed by atoms with Crippen molar-refractivity contribution in [3.8, 4) is 0 Å². The molecule has 0 aliphatic carbocycles. The smallest absolute Gasteiger partial charge is 0.323 e. The number of carboxylic acid groups (broad SMARTS) is 1. The normalized spacial score (nSPS) is 28.2. The fourth-order valence-electron chi connectivity index (χ4n) is 3.90. The Morgan fingerprint density at radius 1 is 1.35 bits per heavy atom. The van der Waals surface area contributed by atoms with Crippen molar-refractivity contribution in [2.75, 3.05) is 13.7 Å². The lowest BCUT2D eigenvalue weighted by molar-refractivity contribution is -0.168. The van der Waals surface area contributed by atoms with E-state index >= 15 is 0 Å². The molecule has 8 heteroatoms. The van der Waals surface area contributed by atoms with Crippen LogP contribution < -0.4 is 11.1 Å². The molecule has 0 spiro atoms. The molecule has 0 bridgehead atoms. The van der Waals surface area contributed by atoms with Crippen molar-refractivity contribution in [1.29, 1.82) is 0 Å². The van der Waals surface area contributed by atoms with Crippen molar-refractivity contribution < 1.29 is 24.2 Å². The van der Waals surface area contributed by atoms with Gasteiger partial charge in [-0.1, -0.05) is 24.3 Å². The molecule has 0 saturated carbocycles. The van der Waals surface area contributed by atoms with Crippen LogP contribution in [0.2, 0.25) is 0 Å². The van der Waals surface area contributed by atoms with Crippen LogP contribution in [-0.4, -0.2) is 65.6 Å². The van der Waals surface area contributed by atoms with Gasteiger partial charge in [0.05, 0.1) is 19.0 Å². The van der Waals surface area contributed by atoms with Gasteiger partial charge in [-0.3, -0.25) is 19.3 Å². The highest BCUT2D eigenvalue weighted by Crippen LogP contribution is 2.34. The van der Waals surface area contributed by atoms with Crippen molar-refractivity contribution in [3.05, 3.63) is 35.4 Å². The van der Waals surface area contributed by atoms with Gasteiger partial charge in [-0.05, 0) is 17.5 Å². The molecule has 1 aromatic rings. The van der Waals surface area contributed by atoms with E-state index in [1.54, 1.807) is 4.90 Å². The molecule has 26 heavy (non-hydrogen) atoms. The summed E-state index contributed by atoms with van der Waals surface area (Å²) < 4.78 is 5.18. The van der Waals surface area contributed by atoms with E-state index in [-0.39, 0.29) is 30.7 Å². The van der Waals surface area contributed by atoms with E-state index in [1.807, 2.05) is 24.3 Å². The number of rotatable bonds is 6. The molecular weight excluding hydrogens is 338 g/mol. The summed E-state index contributed by atoms with van der Waals surface area (Å²) in [5.41, 5.74) is 7.40. The Kier molecular flexibility index (Phi) is 5.36. The largest absolute Gasteiger partial charge is 0.480 e. The minimum absolute atomic E-state index is 0.0303. The Bertz CT molecular complexity index is 723. The first kappa shape index (κ1) is 18.5. The van der Waals surface area contributed by atoms with Gasteiger partial charge in [-0.15, -0.1) is 0 Å². The van der Waals surface area contributed by atoms with Gasteiger partial charge in [0.25, 0.3) is 0 Å². The number of ketones is 1. The predicted molar refractivity (Wildman–Crippen MR) is 92.3 cm³/mol. The number of aliphatic carboxylic acids is 1. The molecule has 2 saturated heterocycles. The Morgan fingerprint density at radius 2 is 2.04 bits per heavy atom. The van der Waals surface area contributed by atoms with Gasteiger partial charge in [-0.2, -0.15) is 0 Å². The van der Waals surface area contributed by atoms with Gasteiger partial charge in [0.2, 0.25) is 5.91 Å².